The van der Waals surface area contributed by atoms with Crippen LogP contribution in [0.1, 0.15) is 24.9 Å². The Morgan fingerprint density at radius 2 is 2.00 bits per heavy atom. The molecule has 0 aliphatic heterocycles. The lowest BCUT2D eigenvalue weighted by atomic mass is 10.1. The number of carbonyl (C=O) groups excluding carboxylic acids is 1. The first kappa shape index (κ1) is 15.2. The van der Waals surface area contributed by atoms with Crippen LogP contribution in [0.15, 0.2) is 18.2 Å². The van der Waals surface area contributed by atoms with E-state index in [4.69, 9.17) is 14.6 Å². The monoisotopic (exact) mass is 293 g/mol. The van der Waals surface area contributed by atoms with Gasteiger partial charge in [-0.1, -0.05) is 0 Å². The fourth-order valence-corrected chi connectivity index (χ4v) is 2.33. The van der Waals surface area contributed by atoms with Crippen LogP contribution in [0.3, 0.4) is 0 Å². The van der Waals surface area contributed by atoms with E-state index in [1.165, 1.54) is 0 Å². The first-order chi connectivity index (χ1) is 9.97. The third-order valence-electron chi connectivity index (χ3n) is 3.71. The lowest BCUT2D eigenvalue weighted by molar-refractivity contribution is -0.140. The molecule has 1 aliphatic rings. The Hall–Kier alpha value is -2.24. The van der Waals surface area contributed by atoms with Crippen molar-refractivity contribution < 1.29 is 24.2 Å². The summed E-state index contributed by atoms with van der Waals surface area (Å²) in [5, 5.41) is 11.7. The molecule has 1 aromatic carbocycles. The normalized spacial score (nSPS) is 21.3. The number of hydrogen-bond donors (Lipinski definition) is 2. The predicted molar refractivity (Wildman–Crippen MR) is 75.3 cm³/mol. The number of carboxylic acids is 1. The number of amides is 1. The number of benzene rings is 1. The minimum atomic E-state index is -0.915. The van der Waals surface area contributed by atoms with Crippen LogP contribution in [0, 0.1) is 11.8 Å². The molecule has 0 saturated heterocycles. The summed E-state index contributed by atoms with van der Waals surface area (Å²) in [6, 6.07) is 5.05. The zero-order chi connectivity index (χ0) is 15.6. The highest BCUT2D eigenvalue weighted by Crippen LogP contribution is 2.39. The van der Waals surface area contributed by atoms with Gasteiger partial charge in [0.1, 0.15) is 11.5 Å². The molecule has 1 amide bonds. The molecule has 114 valence electrons. The van der Waals surface area contributed by atoms with Crippen molar-refractivity contribution in [3.05, 3.63) is 23.8 Å². The minimum absolute atomic E-state index is 0.236. The summed E-state index contributed by atoms with van der Waals surface area (Å²) < 4.78 is 10.5. The molecule has 0 aromatic heterocycles. The molecule has 0 spiro atoms. The zero-order valence-electron chi connectivity index (χ0n) is 12.3. The van der Waals surface area contributed by atoms with E-state index in [9.17, 15) is 9.59 Å². The van der Waals surface area contributed by atoms with Gasteiger partial charge in [-0.05, 0) is 31.5 Å². The zero-order valence-corrected chi connectivity index (χ0v) is 12.3. The molecular formula is C15H19NO5. The fourth-order valence-electron chi connectivity index (χ4n) is 2.33. The lowest BCUT2D eigenvalue weighted by Gasteiger charge is -2.18. The highest BCUT2D eigenvalue weighted by Gasteiger charge is 2.48. The first-order valence-electron chi connectivity index (χ1n) is 6.73. The molecule has 0 radical (unpaired) electrons. The molecule has 2 N–H and O–H groups in total. The summed E-state index contributed by atoms with van der Waals surface area (Å²) in [6.07, 6.45) is 0.406. The quantitative estimate of drug-likeness (QED) is 0.832. The van der Waals surface area contributed by atoms with E-state index < -0.39 is 17.8 Å². The summed E-state index contributed by atoms with van der Waals surface area (Å²) in [7, 11) is 3.12. The molecule has 0 bridgehead atoms. The van der Waals surface area contributed by atoms with Gasteiger partial charge in [0, 0.05) is 5.56 Å². The van der Waals surface area contributed by atoms with Crippen LogP contribution < -0.4 is 14.8 Å². The van der Waals surface area contributed by atoms with Gasteiger partial charge in [-0.3, -0.25) is 9.59 Å². The van der Waals surface area contributed by atoms with Gasteiger partial charge in [0.2, 0.25) is 5.91 Å². The second-order valence-electron chi connectivity index (χ2n) is 5.13. The van der Waals surface area contributed by atoms with Crippen LogP contribution in [0.2, 0.25) is 0 Å². The summed E-state index contributed by atoms with van der Waals surface area (Å²) >= 11 is 0. The van der Waals surface area contributed by atoms with E-state index in [0.29, 0.717) is 17.9 Å². The maximum atomic E-state index is 12.0. The SMILES string of the molecule is COc1ccc(OC)c(C(C)NC(=O)C2CC2C(=O)O)c1. The first-order valence-corrected chi connectivity index (χ1v) is 6.73. The number of nitrogens with one attached hydrogen (secondary N) is 1. The third-order valence-corrected chi connectivity index (χ3v) is 3.71. The van der Waals surface area contributed by atoms with Gasteiger partial charge in [0.25, 0.3) is 0 Å². The standard InChI is InChI=1S/C15H19NO5/c1-8(16-14(17)11-7-12(11)15(18)19)10-6-9(20-2)4-5-13(10)21-3/h4-6,8,11-12H,7H2,1-3H3,(H,16,17)(H,18,19). The lowest BCUT2D eigenvalue weighted by Crippen LogP contribution is -2.29. The van der Waals surface area contributed by atoms with Crippen molar-refractivity contribution in [3.63, 3.8) is 0 Å². The number of hydrogen-bond acceptors (Lipinski definition) is 4. The second kappa shape index (κ2) is 6.03. The molecule has 6 nitrogen and oxygen atoms in total. The number of carboxylic acid groups (broad SMARTS) is 1. The van der Waals surface area contributed by atoms with Gasteiger partial charge >= 0.3 is 5.97 Å². The van der Waals surface area contributed by atoms with Gasteiger partial charge in [-0.15, -0.1) is 0 Å². The highest BCUT2D eigenvalue weighted by molar-refractivity contribution is 5.89. The van der Waals surface area contributed by atoms with Crippen LogP contribution in [0.5, 0.6) is 11.5 Å². The summed E-state index contributed by atoms with van der Waals surface area (Å²) in [5.41, 5.74) is 0.790. The van der Waals surface area contributed by atoms with Gasteiger partial charge in [-0.2, -0.15) is 0 Å². The molecule has 3 unspecified atom stereocenters. The van der Waals surface area contributed by atoms with E-state index in [-0.39, 0.29) is 11.9 Å². The van der Waals surface area contributed by atoms with Crippen LogP contribution in [0.25, 0.3) is 0 Å². The van der Waals surface area contributed by atoms with E-state index in [1.807, 2.05) is 6.92 Å². The average Bonchev–Trinajstić information content (AvgIpc) is 3.27. The molecule has 6 heteroatoms. The van der Waals surface area contributed by atoms with Crippen molar-refractivity contribution in [2.45, 2.75) is 19.4 Å². The molecule has 1 fully saturated rings. The highest BCUT2D eigenvalue weighted by atomic mass is 16.5. The van der Waals surface area contributed by atoms with Crippen molar-refractivity contribution in [1.29, 1.82) is 0 Å². The fraction of sp³-hybridized carbons (Fsp3) is 0.467. The van der Waals surface area contributed by atoms with Crippen LogP contribution in [-0.2, 0) is 9.59 Å². The van der Waals surface area contributed by atoms with E-state index >= 15 is 0 Å². The van der Waals surface area contributed by atoms with Gasteiger partial charge in [0.05, 0.1) is 32.1 Å². The Kier molecular flexibility index (Phi) is 4.35. The maximum absolute atomic E-state index is 12.0. The molecule has 1 saturated carbocycles. The Bertz CT molecular complexity index is 557. The largest absolute Gasteiger partial charge is 0.497 e. The smallest absolute Gasteiger partial charge is 0.307 e. The van der Waals surface area contributed by atoms with Crippen LogP contribution in [0.4, 0.5) is 0 Å². The Morgan fingerprint density at radius 3 is 2.52 bits per heavy atom. The third kappa shape index (κ3) is 3.26. The van der Waals surface area contributed by atoms with Crippen molar-refractivity contribution in [1.82, 2.24) is 5.32 Å². The van der Waals surface area contributed by atoms with Crippen LogP contribution >= 0.6 is 0 Å². The van der Waals surface area contributed by atoms with Crippen LogP contribution in [-0.4, -0.2) is 31.2 Å². The van der Waals surface area contributed by atoms with Gasteiger partial charge in [0.15, 0.2) is 0 Å². The molecule has 2 rings (SSSR count). The Labute approximate surface area is 123 Å². The Morgan fingerprint density at radius 1 is 1.29 bits per heavy atom. The second-order valence-corrected chi connectivity index (χ2v) is 5.13. The number of rotatable bonds is 6. The molecular weight excluding hydrogens is 274 g/mol. The number of ether oxygens (including phenoxy) is 2. The van der Waals surface area contributed by atoms with Crippen molar-refractivity contribution in [2.24, 2.45) is 11.8 Å². The number of methoxy groups -OCH3 is 2. The maximum Gasteiger partial charge on any atom is 0.307 e. The molecule has 1 aromatic rings. The molecule has 0 heterocycles. The number of aliphatic carboxylic acids is 1. The predicted octanol–water partition coefficient (Wildman–Crippen LogP) is 1.60. The number of carbonyl (C=O) groups is 2. The molecule has 3 atom stereocenters. The summed E-state index contributed by atoms with van der Waals surface area (Å²) in [6.45, 7) is 1.83. The molecule has 1 aliphatic carbocycles. The van der Waals surface area contributed by atoms with Gasteiger partial charge < -0.3 is 19.9 Å². The summed E-state index contributed by atoms with van der Waals surface area (Å²) in [5.74, 6) is -0.816. The van der Waals surface area contributed by atoms with E-state index in [1.54, 1.807) is 32.4 Å². The van der Waals surface area contributed by atoms with Crippen molar-refractivity contribution >= 4 is 11.9 Å². The topological polar surface area (TPSA) is 84.9 Å². The average molecular weight is 293 g/mol. The minimum Gasteiger partial charge on any atom is -0.497 e. The van der Waals surface area contributed by atoms with Gasteiger partial charge in [-0.25, -0.2) is 0 Å². The van der Waals surface area contributed by atoms with E-state index in [0.717, 1.165) is 5.56 Å². The summed E-state index contributed by atoms with van der Waals surface area (Å²) in [4.78, 5) is 22.8. The van der Waals surface area contributed by atoms with E-state index in [2.05, 4.69) is 5.32 Å². The van der Waals surface area contributed by atoms with Crippen molar-refractivity contribution in [3.8, 4) is 11.5 Å². The van der Waals surface area contributed by atoms with Crippen molar-refractivity contribution in [2.75, 3.05) is 14.2 Å². The molecule has 21 heavy (non-hydrogen) atoms. The Balaban J connectivity index is 2.08.